The Kier molecular flexibility index (Phi) is 7.53. The number of likely N-dealkylation sites (tertiary alicyclic amines) is 1. The van der Waals surface area contributed by atoms with Gasteiger partial charge in [0.1, 0.15) is 17.6 Å². The van der Waals surface area contributed by atoms with E-state index in [1.807, 2.05) is 24.3 Å². The van der Waals surface area contributed by atoms with Crippen LogP contribution in [0.2, 0.25) is 0 Å². The van der Waals surface area contributed by atoms with E-state index < -0.39 is 9.84 Å². The van der Waals surface area contributed by atoms with Gasteiger partial charge in [-0.15, -0.1) is 12.4 Å². The highest BCUT2D eigenvalue weighted by atomic mass is 35.5. The molecule has 5 nitrogen and oxygen atoms in total. The molecule has 1 N–H and O–H groups in total. The first-order valence-electron chi connectivity index (χ1n) is 8.90. The highest BCUT2D eigenvalue weighted by Crippen LogP contribution is 2.20. The molecule has 0 aliphatic carbocycles. The number of phenolic OH excluding ortho intramolecular Hbond substituents is 1. The van der Waals surface area contributed by atoms with Crippen molar-refractivity contribution in [1.29, 1.82) is 0 Å². The Morgan fingerprint density at radius 2 is 1.63 bits per heavy atom. The number of aromatic hydroxyl groups is 1. The number of hydrogen-bond acceptors (Lipinski definition) is 5. The van der Waals surface area contributed by atoms with Crippen LogP contribution in [0.4, 0.5) is 0 Å². The van der Waals surface area contributed by atoms with Crippen LogP contribution >= 0.6 is 12.4 Å². The van der Waals surface area contributed by atoms with E-state index >= 15 is 0 Å². The van der Waals surface area contributed by atoms with Crippen molar-refractivity contribution in [3.05, 3.63) is 54.1 Å². The van der Waals surface area contributed by atoms with E-state index in [-0.39, 0.29) is 34.9 Å². The molecular formula is C20H26ClNO4S. The Hall–Kier alpha value is -1.76. The molecule has 0 unspecified atom stereocenters. The molecule has 2 aromatic carbocycles. The van der Waals surface area contributed by atoms with Gasteiger partial charge in [0.25, 0.3) is 0 Å². The van der Waals surface area contributed by atoms with E-state index in [4.69, 9.17) is 4.74 Å². The number of aryl methyl sites for hydroxylation is 1. The van der Waals surface area contributed by atoms with Gasteiger partial charge in [0, 0.05) is 19.6 Å². The molecule has 3 rings (SSSR count). The topological polar surface area (TPSA) is 66.8 Å². The van der Waals surface area contributed by atoms with Gasteiger partial charge in [0.05, 0.1) is 10.6 Å². The number of hydrogen-bond donors (Lipinski definition) is 1. The highest BCUT2D eigenvalue weighted by molar-refractivity contribution is 7.91. The van der Waals surface area contributed by atoms with Gasteiger partial charge in [-0.3, -0.25) is 0 Å². The fraction of sp³-hybridized carbons (Fsp3) is 0.400. The first-order chi connectivity index (χ1) is 12.4. The Labute approximate surface area is 167 Å². The van der Waals surface area contributed by atoms with Crippen molar-refractivity contribution in [3.63, 3.8) is 0 Å². The Balaban J connectivity index is 0.00000261. The summed E-state index contributed by atoms with van der Waals surface area (Å²) in [4.78, 5) is 2.43. The molecule has 7 heteroatoms. The van der Waals surface area contributed by atoms with Crippen molar-refractivity contribution in [2.45, 2.75) is 30.8 Å². The van der Waals surface area contributed by atoms with E-state index in [0.717, 1.165) is 31.7 Å². The number of halogens is 1. The van der Waals surface area contributed by atoms with Crippen LogP contribution in [0.25, 0.3) is 0 Å². The number of sulfone groups is 1. The van der Waals surface area contributed by atoms with Gasteiger partial charge in [0.2, 0.25) is 0 Å². The minimum absolute atomic E-state index is 0. The summed E-state index contributed by atoms with van der Waals surface area (Å²) >= 11 is 0. The SMILES string of the molecule is Cc1ccc(OC2CCN(CCS(=O)(=O)c3ccc(O)cc3)CC2)cc1.Cl. The summed E-state index contributed by atoms with van der Waals surface area (Å²) in [5.74, 6) is 1.05. The van der Waals surface area contributed by atoms with Crippen molar-refractivity contribution in [1.82, 2.24) is 4.90 Å². The predicted molar refractivity (Wildman–Crippen MR) is 109 cm³/mol. The molecule has 0 spiro atoms. The van der Waals surface area contributed by atoms with Gasteiger partial charge in [-0.05, 0) is 56.2 Å². The minimum Gasteiger partial charge on any atom is -0.508 e. The van der Waals surface area contributed by atoms with Gasteiger partial charge in [-0.1, -0.05) is 17.7 Å². The normalized spacial score (nSPS) is 15.9. The maximum absolute atomic E-state index is 12.4. The first kappa shape index (κ1) is 21.5. The van der Waals surface area contributed by atoms with Crippen LogP contribution < -0.4 is 4.74 Å². The summed E-state index contributed by atoms with van der Waals surface area (Å²) in [5.41, 5.74) is 1.21. The van der Waals surface area contributed by atoms with E-state index in [2.05, 4.69) is 11.8 Å². The maximum atomic E-state index is 12.4. The molecule has 0 aromatic heterocycles. The molecule has 27 heavy (non-hydrogen) atoms. The van der Waals surface area contributed by atoms with E-state index in [9.17, 15) is 13.5 Å². The number of ether oxygens (including phenoxy) is 1. The third-order valence-electron chi connectivity index (χ3n) is 4.73. The van der Waals surface area contributed by atoms with Crippen molar-refractivity contribution >= 4 is 22.2 Å². The largest absolute Gasteiger partial charge is 0.508 e. The molecule has 1 fully saturated rings. The van der Waals surface area contributed by atoms with Crippen molar-refractivity contribution in [2.24, 2.45) is 0 Å². The third kappa shape index (κ3) is 6.13. The fourth-order valence-corrected chi connectivity index (χ4v) is 4.37. The first-order valence-corrected chi connectivity index (χ1v) is 10.5. The molecule has 0 amide bonds. The predicted octanol–water partition coefficient (Wildman–Crippen LogP) is 3.44. The summed E-state index contributed by atoms with van der Waals surface area (Å²) in [5, 5.41) is 9.29. The standard InChI is InChI=1S/C20H25NO4S.ClH/c1-16-2-6-18(7-3-16)25-19-10-12-21(13-11-19)14-15-26(23,24)20-8-4-17(22)5-9-20;/h2-9,19,22H,10-15H2,1H3;1H. The van der Waals surface area contributed by atoms with Gasteiger partial charge in [-0.25, -0.2) is 8.42 Å². The van der Waals surface area contributed by atoms with Crippen LogP contribution in [-0.4, -0.2) is 49.9 Å². The van der Waals surface area contributed by atoms with Crippen LogP contribution in [0.15, 0.2) is 53.4 Å². The van der Waals surface area contributed by atoms with Crippen molar-refractivity contribution < 1.29 is 18.3 Å². The summed E-state index contributed by atoms with van der Waals surface area (Å²) in [7, 11) is -3.33. The van der Waals surface area contributed by atoms with Crippen LogP contribution in [0.5, 0.6) is 11.5 Å². The highest BCUT2D eigenvalue weighted by Gasteiger charge is 2.22. The number of piperidine rings is 1. The second-order valence-electron chi connectivity index (χ2n) is 6.78. The molecule has 2 aromatic rings. The second kappa shape index (κ2) is 9.44. The van der Waals surface area contributed by atoms with Gasteiger partial charge in [-0.2, -0.15) is 0 Å². The van der Waals surface area contributed by atoms with Crippen molar-refractivity contribution in [2.75, 3.05) is 25.4 Å². The van der Waals surface area contributed by atoms with Crippen LogP contribution in [0.1, 0.15) is 18.4 Å². The fourth-order valence-electron chi connectivity index (χ4n) is 3.08. The summed E-state index contributed by atoms with van der Waals surface area (Å²) < 4.78 is 30.8. The minimum atomic E-state index is -3.33. The third-order valence-corrected chi connectivity index (χ3v) is 6.44. The summed E-state index contributed by atoms with van der Waals surface area (Å²) in [6.07, 6.45) is 1.97. The Morgan fingerprint density at radius 1 is 1.04 bits per heavy atom. The van der Waals surface area contributed by atoms with Gasteiger partial charge < -0.3 is 14.7 Å². The molecule has 0 bridgehead atoms. The molecule has 148 valence electrons. The molecule has 1 aliphatic heterocycles. The number of nitrogens with zero attached hydrogens (tertiary/aromatic N) is 1. The monoisotopic (exact) mass is 411 g/mol. The smallest absolute Gasteiger partial charge is 0.179 e. The average Bonchev–Trinajstić information content (AvgIpc) is 2.63. The summed E-state index contributed by atoms with van der Waals surface area (Å²) in [6.45, 7) is 4.23. The van der Waals surface area contributed by atoms with Gasteiger partial charge in [0.15, 0.2) is 9.84 Å². The average molecular weight is 412 g/mol. The lowest BCUT2D eigenvalue weighted by Crippen LogP contribution is -2.40. The van der Waals surface area contributed by atoms with Crippen LogP contribution in [0.3, 0.4) is 0 Å². The molecule has 1 saturated heterocycles. The Bertz CT molecular complexity index is 814. The van der Waals surface area contributed by atoms with Crippen molar-refractivity contribution in [3.8, 4) is 11.5 Å². The second-order valence-corrected chi connectivity index (χ2v) is 8.89. The Morgan fingerprint density at radius 3 is 2.22 bits per heavy atom. The number of benzene rings is 2. The quantitative estimate of drug-likeness (QED) is 0.788. The number of phenols is 1. The van der Waals surface area contributed by atoms with Crippen LogP contribution in [0, 0.1) is 6.92 Å². The molecule has 1 aliphatic rings. The molecular weight excluding hydrogens is 386 g/mol. The lowest BCUT2D eigenvalue weighted by molar-refractivity contribution is 0.104. The van der Waals surface area contributed by atoms with E-state index in [0.29, 0.717) is 6.54 Å². The van der Waals surface area contributed by atoms with E-state index in [1.54, 1.807) is 0 Å². The zero-order valence-corrected chi connectivity index (χ0v) is 17.0. The zero-order valence-electron chi connectivity index (χ0n) is 15.4. The summed E-state index contributed by atoms with van der Waals surface area (Å²) in [6, 6.07) is 13.8. The van der Waals surface area contributed by atoms with Crippen LogP contribution in [-0.2, 0) is 9.84 Å². The lowest BCUT2D eigenvalue weighted by atomic mass is 10.1. The molecule has 1 heterocycles. The maximum Gasteiger partial charge on any atom is 0.179 e. The molecule has 0 atom stereocenters. The van der Waals surface area contributed by atoms with Gasteiger partial charge >= 0.3 is 0 Å². The molecule has 0 radical (unpaired) electrons. The lowest BCUT2D eigenvalue weighted by Gasteiger charge is -2.32. The number of rotatable bonds is 6. The zero-order chi connectivity index (χ0) is 18.6. The molecule has 0 saturated carbocycles. The van der Waals surface area contributed by atoms with E-state index in [1.165, 1.54) is 29.8 Å².